The van der Waals surface area contributed by atoms with E-state index in [1.54, 1.807) is 12.1 Å². The molecule has 0 saturated heterocycles. The zero-order chi connectivity index (χ0) is 12.1. The maximum atomic E-state index is 11.2. The second kappa shape index (κ2) is 5.16. The van der Waals surface area contributed by atoms with E-state index in [-0.39, 0.29) is 0 Å². The van der Waals surface area contributed by atoms with Crippen molar-refractivity contribution in [1.29, 1.82) is 0 Å². The third-order valence-corrected chi connectivity index (χ3v) is 2.01. The molecule has 1 amide bonds. The van der Waals surface area contributed by atoms with Gasteiger partial charge in [-0.25, -0.2) is 4.79 Å². The molecule has 5 heteroatoms. The molecule has 0 spiro atoms. The van der Waals surface area contributed by atoms with Gasteiger partial charge in [0.05, 0.1) is 7.11 Å². The molecule has 0 fully saturated rings. The fourth-order valence-corrected chi connectivity index (χ4v) is 1.12. The molecule has 0 radical (unpaired) electrons. The summed E-state index contributed by atoms with van der Waals surface area (Å²) in [4.78, 5) is 24.0. The Labute approximate surface area is 94.0 Å². The van der Waals surface area contributed by atoms with E-state index >= 15 is 0 Å². The number of benzene rings is 1. The van der Waals surface area contributed by atoms with E-state index in [4.69, 9.17) is 0 Å². The molecule has 16 heavy (non-hydrogen) atoms. The fraction of sp³-hybridized carbons (Fsp3) is 0.273. The summed E-state index contributed by atoms with van der Waals surface area (Å²) in [7, 11) is 5.00. The summed E-state index contributed by atoms with van der Waals surface area (Å²) in [5.74, 6) is -1.68. The minimum absolute atomic E-state index is 0.556. The van der Waals surface area contributed by atoms with E-state index in [2.05, 4.69) is 10.1 Å². The Balaban J connectivity index is 2.69. The van der Waals surface area contributed by atoms with Crippen LogP contribution < -0.4 is 10.2 Å². The maximum absolute atomic E-state index is 11.2. The second-order valence-electron chi connectivity index (χ2n) is 3.39. The van der Waals surface area contributed by atoms with Gasteiger partial charge in [-0.2, -0.15) is 0 Å². The molecule has 5 nitrogen and oxygen atoms in total. The first kappa shape index (κ1) is 12.0. The summed E-state index contributed by atoms with van der Waals surface area (Å²) in [5.41, 5.74) is 1.57. The molecule has 1 aromatic rings. The zero-order valence-corrected chi connectivity index (χ0v) is 9.48. The summed E-state index contributed by atoms with van der Waals surface area (Å²) in [6.45, 7) is 0. The van der Waals surface area contributed by atoms with Gasteiger partial charge in [0.2, 0.25) is 0 Å². The maximum Gasteiger partial charge on any atom is 0.396 e. The predicted molar refractivity (Wildman–Crippen MR) is 61.4 cm³/mol. The number of hydrogen-bond donors (Lipinski definition) is 1. The number of amides is 1. The summed E-state index contributed by atoms with van der Waals surface area (Å²) in [6.07, 6.45) is 0. The highest BCUT2D eigenvalue weighted by Crippen LogP contribution is 2.15. The van der Waals surface area contributed by atoms with E-state index in [1.807, 2.05) is 31.1 Å². The third kappa shape index (κ3) is 2.98. The molecule has 0 bridgehead atoms. The number of hydrogen-bond acceptors (Lipinski definition) is 4. The van der Waals surface area contributed by atoms with Crippen molar-refractivity contribution in [3.8, 4) is 0 Å². The van der Waals surface area contributed by atoms with Crippen LogP contribution in [0.3, 0.4) is 0 Å². The van der Waals surface area contributed by atoms with E-state index in [9.17, 15) is 9.59 Å². The number of carbonyl (C=O) groups excluding carboxylic acids is 2. The lowest BCUT2D eigenvalue weighted by molar-refractivity contribution is -0.150. The fourth-order valence-electron chi connectivity index (χ4n) is 1.12. The average molecular weight is 222 g/mol. The first-order valence-electron chi connectivity index (χ1n) is 4.71. The van der Waals surface area contributed by atoms with Crippen LogP contribution in [0, 0.1) is 0 Å². The van der Waals surface area contributed by atoms with Crippen LogP contribution in [-0.2, 0) is 14.3 Å². The number of nitrogens with one attached hydrogen (secondary N) is 1. The third-order valence-electron chi connectivity index (χ3n) is 2.01. The van der Waals surface area contributed by atoms with E-state index in [0.29, 0.717) is 5.69 Å². The Hall–Kier alpha value is -2.04. The van der Waals surface area contributed by atoms with Crippen molar-refractivity contribution in [2.45, 2.75) is 0 Å². The number of nitrogens with zero attached hydrogens (tertiary/aromatic N) is 1. The average Bonchev–Trinajstić information content (AvgIpc) is 2.28. The first-order chi connectivity index (χ1) is 7.54. The lowest BCUT2D eigenvalue weighted by Crippen LogP contribution is -2.23. The molecule has 0 aliphatic rings. The number of anilines is 2. The summed E-state index contributed by atoms with van der Waals surface area (Å²) in [5, 5.41) is 2.43. The molecule has 0 aliphatic carbocycles. The zero-order valence-electron chi connectivity index (χ0n) is 9.48. The minimum Gasteiger partial charge on any atom is -0.462 e. The normalized spacial score (nSPS) is 9.44. The number of esters is 1. The largest absolute Gasteiger partial charge is 0.462 e. The standard InChI is InChI=1S/C11H14N2O3/c1-13(2)9-6-4-8(5-7-9)12-10(14)11(15)16-3/h4-7H,1-3H3,(H,12,14). The van der Waals surface area contributed by atoms with Gasteiger partial charge in [-0.15, -0.1) is 0 Å². The molecule has 0 unspecified atom stereocenters. The minimum atomic E-state index is -0.906. The van der Waals surface area contributed by atoms with Gasteiger partial charge in [0.25, 0.3) is 0 Å². The molecule has 0 atom stereocenters. The first-order valence-corrected chi connectivity index (χ1v) is 4.71. The van der Waals surface area contributed by atoms with Gasteiger partial charge < -0.3 is 15.0 Å². The predicted octanol–water partition coefficient (Wildman–Crippen LogP) is 0.864. The number of ether oxygens (including phenoxy) is 1. The molecular weight excluding hydrogens is 208 g/mol. The van der Waals surface area contributed by atoms with E-state index < -0.39 is 11.9 Å². The molecule has 0 heterocycles. The van der Waals surface area contributed by atoms with Crippen LogP contribution in [-0.4, -0.2) is 33.1 Å². The van der Waals surface area contributed by atoms with Crippen molar-refractivity contribution >= 4 is 23.3 Å². The Kier molecular flexibility index (Phi) is 3.88. The monoisotopic (exact) mass is 222 g/mol. The molecule has 0 aromatic heterocycles. The Morgan fingerprint density at radius 2 is 1.75 bits per heavy atom. The molecular formula is C11H14N2O3. The molecule has 1 N–H and O–H groups in total. The SMILES string of the molecule is COC(=O)C(=O)Nc1ccc(N(C)C)cc1. The highest BCUT2D eigenvalue weighted by Gasteiger charge is 2.13. The second-order valence-corrected chi connectivity index (χ2v) is 3.39. The van der Waals surface area contributed by atoms with Crippen molar-refractivity contribution in [3.05, 3.63) is 24.3 Å². The highest BCUT2D eigenvalue weighted by molar-refractivity contribution is 6.37. The molecule has 86 valence electrons. The Morgan fingerprint density at radius 1 is 1.19 bits per heavy atom. The molecule has 1 rings (SSSR count). The van der Waals surface area contributed by atoms with Crippen LogP contribution in [0.15, 0.2) is 24.3 Å². The van der Waals surface area contributed by atoms with Crippen molar-refractivity contribution in [1.82, 2.24) is 0 Å². The van der Waals surface area contributed by atoms with Crippen LogP contribution >= 0.6 is 0 Å². The quantitative estimate of drug-likeness (QED) is 0.595. The number of carbonyl (C=O) groups is 2. The van der Waals surface area contributed by atoms with Crippen molar-refractivity contribution in [3.63, 3.8) is 0 Å². The van der Waals surface area contributed by atoms with Gasteiger partial charge in [0, 0.05) is 25.5 Å². The van der Waals surface area contributed by atoms with Crippen LogP contribution in [0.1, 0.15) is 0 Å². The van der Waals surface area contributed by atoms with Crippen LogP contribution in [0.25, 0.3) is 0 Å². The lowest BCUT2D eigenvalue weighted by atomic mass is 10.2. The van der Waals surface area contributed by atoms with Gasteiger partial charge in [0.15, 0.2) is 0 Å². The molecule has 1 aromatic carbocycles. The van der Waals surface area contributed by atoms with Crippen molar-refractivity contribution in [2.75, 3.05) is 31.4 Å². The number of rotatable bonds is 2. The highest BCUT2D eigenvalue weighted by atomic mass is 16.5. The summed E-state index contributed by atoms with van der Waals surface area (Å²) in [6, 6.07) is 7.12. The van der Waals surface area contributed by atoms with Gasteiger partial charge in [-0.3, -0.25) is 4.79 Å². The van der Waals surface area contributed by atoms with Crippen molar-refractivity contribution in [2.24, 2.45) is 0 Å². The van der Waals surface area contributed by atoms with E-state index in [0.717, 1.165) is 12.8 Å². The molecule has 0 saturated carbocycles. The van der Waals surface area contributed by atoms with E-state index in [1.165, 1.54) is 0 Å². The van der Waals surface area contributed by atoms with Crippen LogP contribution in [0.5, 0.6) is 0 Å². The van der Waals surface area contributed by atoms with Crippen molar-refractivity contribution < 1.29 is 14.3 Å². The number of methoxy groups -OCH3 is 1. The lowest BCUT2D eigenvalue weighted by Gasteiger charge is -2.12. The van der Waals surface area contributed by atoms with Gasteiger partial charge >= 0.3 is 11.9 Å². The Morgan fingerprint density at radius 3 is 2.19 bits per heavy atom. The summed E-state index contributed by atoms with van der Waals surface area (Å²) >= 11 is 0. The van der Waals surface area contributed by atoms with Gasteiger partial charge in [-0.05, 0) is 24.3 Å². The van der Waals surface area contributed by atoms with Crippen LogP contribution in [0.4, 0.5) is 11.4 Å². The smallest absolute Gasteiger partial charge is 0.396 e. The van der Waals surface area contributed by atoms with Gasteiger partial charge in [0.1, 0.15) is 0 Å². The summed E-state index contributed by atoms with van der Waals surface area (Å²) < 4.78 is 4.29. The van der Waals surface area contributed by atoms with Crippen LogP contribution in [0.2, 0.25) is 0 Å². The Bertz CT molecular complexity index is 385. The molecule has 0 aliphatic heterocycles. The van der Waals surface area contributed by atoms with Gasteiger partial charge in [-0.1, -0.05) is 0 Å². The topological polar surface area (TPSA) is 58.6 Å².